The van der Waals surface area contributed by atoms with Crippen LogP contribution in [0.2, 0.25) is 0 Å². The summed E-state index contributed by atoms with van der Waals surface area (Å²) in [6.45, 7) is 9.07. The molecule has 2 aliphatic rings. The fourth-order valence-corrected chi connectivity index (χ4v) is 3.90. The monoisotopic (exact) mass is 379 g/mol. The normalized spacial score (nSPS) is 18.1. The van der Waals surface area contributed by atoms with Crippen LogP contribution in [0, 0.1) is 0 Å². The van der Waals surface area contributed by atoms with Gasteiger partial charge in [-0.3, -0.25) is 4.79 Å². The number of carbonyl (C=O) groups excluding carboxylic acids is 2. The fraction of sp³-hybridized carbons (Fsp3) is 0.417. The molecule has 0 saturated carbocycles. The molecule has 148 valence electrons. The minimum Gasteiger partial charge on any atom is -0.462 e. The summed E-state index contributed by atoms with van der Waals surface area (Å²) in [5, 5.41) is 0. The van der Waals surface area contributed by atoms with E-state index in [0.29, 0.717) is 30.7 Å². The zero-order valence-electron chi connectivity index (χ0n) is 16.9. The summed E-state index contributed by atoms with van der Waals surface area (Å²) in [5.41, 5.74) is 4.32. The molecule has 1 unspecified atom stereocenters. The molecule has 3 rings (SSSR count). The van der Waals surface area contributed by atoms with Gasteiger partial charge in [-0.1, -0.05) is 63.6 Å². The highest BCUT2D eigenvalue weighted by Crippen LogP contribution is 2.38. The third-order valence-corrected chi connectivity index (χ3v) is 5.52. The Morgan fingerprint density at radius 2 is 1.96 bits per heavy atom. The van der Waals surface area contributed by atoms with E-state index >= 15 is 0 Å². The third kappa shape index (κ3) is 3.96. The number of fused-ring (bicyclic) bond motifs is 1. The number of nitrogens with zero attached hydrogens (tertiary/aromatic N) is 1. The van der Waals surface area contributed by atoms with Crippen LogP contribution in [0.5, 0.6) is 0 Å². The minimum absolute atomic E-state index is 0.0799. The van der Waals surface area contributed by atoms with E-state index in [2.05, 4.69) is 25.3 Å². The molecule has 0 saturated heterocycles. The van der Waals surface area contributed by atoms with Crippen LogP contribution in [-0.4, -0.2) is 35.8 Å². The van der Waals surface area contributed by atoms with Crippen molar-refractivity contribution < 1.29 is 14.3 Å². The molecule has 0 aromatic heterocycles. The summed E-state index contributed by atoms with van der Waals surface area (Å²) in [6, 6.07) is 7.20. The molecule has 0 N–H and O–H groups in total. The molecule has 28 heavy (non-hydrogen) atoms. The number of unbranched alkanes of at least 4 members (excludes halogenated alkanes) is 2. The van der Waals surface area contributed by atoms with Gasteiger partial charge in [0.05, 0.1) is 12.2 Å². The van der Waals surface area contributed by atoms with Crippen molar-refractivity contribution in [2.75, 3.05) is 13.2 Å². The average molecular weight is 380 g/mol. The molecular weight excluding hydrogens is 350 g/mol. The van der Waals surface area contributed by atoms with Crippen LogP contribution in [0.25, 0.3) is 6.08 Å². The van der Waals surface area contributed by atoms with Crippen LogP contribution in [0.1, 0.15) is 61.9 Å². The Bertz CT molecular complexity index is 817. The van der Waals surface area contributed by atoms with Crippen molar-refractivity contribution in [2.24, 2.45) is 0 Å². The lowest BCUT2D eigenvalue weighted by molar-refractivity contribution is -0.139. The Kier molecular flexibility index (Phi) is 6.50. The Labute approximate surface area is 167 Å². The molecule has 0 fully saturated rings. The summed E-state index contributed by atoms with van der Waals surface area (Å²) in [5.74, 6) is -0.153. The van der Waals surface area contributed by atoms with Crippen LogP contribution >= 0.6 is 0 Å². The van der Waals surface area contributed by atoms with Crippen molar-refractivity contribution in [2.45, 2.75) is 52.0 Å². The summed E-state index contributed by atoms with van der Waals surface area (Å²) in [7, 11) is 0. The number of rotatable bonds is 9. The first-order chi connectivity index (χ1) is 13.6. The number of esters is 1. The number of Topliss-reactive ketones (excluding diaryl/α,β-unsaturated/α-hetero) is 1. The van der Waals surface area contributed by atoms with Crippen LogP contribution in [-0.2, 0) is 9.53 Å². The summed E-state index contributed by atoms with van der Waals surface area (Å²) < 4.78 is 5.46. The molecule has 1 atom stereocenters. The van der Waals surface area contributed by atoms with E-state index in [0.717, 1.165) is 42.5 Å². The van der Waals surface area contributed by atoms with Crippen LogP contribution in [0.15, 0.2) is 53.8 Å². The Morgan fingerprint density at radius 1 is 1.21 bits per heavy atom. The van der Waals surface area contributed by atoms with E-state index in [4.69, 9.17) is 4.74 Å². The highest BCUT2D eigenvalue weighted by molar-refractivity contribution is 6.03. The number of carbonyl (C=O) groups is 2. The predicted molar refractivity (Wildman–Crippen MR) is 112 cm³/mol. The van der Waals surface area contributed by atoms with Crippen molar-refractivity contribution in [3.8, 4) is 0 Å². The number of benzene rings is 1. The summed E-state index contributed by atoms with van der Waals surface area (Å²) >= 11 is 0. The maximum absolute atomic E-state index is 13.2. The quantitative estimate of drug-likeness (QED) is 0.347. The van der Waals surface area contributed by atoms with Gasteiger partial charge in [-0.05, 0) is 36.5 Å². The summed E-state index contributed by atoms with van der Waals surface area (Å²) in [6.07, 6.45) is 8.25. The predicted octanol–water partition coefficient (Wildman–Crippen LogP) is 4.92. The highest BCUT2D eigenvalue weighted by atomic mass is 16.5. The number of ketones is 1. The van der Waals surface area contributed by atoms with E-state index < -0.39 is 0 Å². The zero-order chi connectivity index (χ0) is 20.1. The zero-order valence-corrected chi connectivity index (χ0v) is 16.9. The maximum Gasteiger partial charge on any atom is 0.336 e. The lowest BCUT2D eigenvalue weighted by Crippen LogP contribution is -2.36. The van der Waals surface area contributed by atoms with Gasteiger partial charge < -0.3 is 9.64 Å². The smallest absolute Gasteiger partial charge is 0.336 e. The van der Waals surface area contributed by atoms with Gasteiger partial charge in [-0.2, -0.15) is 0 Å². The van der Waals surface area contributed by atoms with E-state index in [1.807, 2.05) is 30.3 Å². The molecule has 0 radical (unpaired) electrons. The average Bonchev–Trinajstić information content (AvgIpc) is 3.29. The van der Waals surface area contributed by atoms with Gasteiger partial charge >= 0.3 is 5.97 Å². The van der Waals surface area contributed by atoms with E-state index in [1.54, 1.807) is 6.08 Å². The molecule has 1 aromatic carbocycles. The number of allylic oxidation sites excluding steroid dienone is 1. The highest BCUT2D eigenvalue weighted by Gasteiger charge is 2.40. The third-order valence-electron chi connectivity index (χ3n) is 5.52. The molecule has 0 bridgehead atoms. The number of hydrogen-bond donors (Lipinski definition) is 0. The molecule has 1 aromatic rings. The Morgan fingerprint density at radius 3 is 2.61 bits per heavy atom. The second-order valence-electron chi connectivity index (χ2n) is 7.32. The molecule has 2 heterocycles. The van der Waals surface area contributed by atoms with Crippen molar-refractivity contribution in [3.05, 3.63) is 64.9 Å². The lowest BCUT2D eigenvalue weighted by Gasteiger charge is -2.25. The van der Waals surface area contributed by atoms with Gasteiger partial charge in [0.1, 0.15) is 6.04 Å². The lowest BCUT2D eigenvalue weighted by atomic mass is 9.96. The van der Waals surface area contributed by atoms with Gasteiger partial charge in [-0.15, -0.1) is 0 Å². The molecular formula is C24H29NO3. The van der Waals surface area contributed by atoms with Gasteiger partial charge in [0.15, 0.2) is 5.78 Å². The Hall–Kier alpha value is -2.62. The second-order valence-corrected chi connectivity index (χ2v) is 7.32. The first-order valence-corrected chi connectivity index (χ1v) is 10.2. The molecule has 0 amide bonds. The van der Waals surface area contributed by atoms with E-state index in [-0.39, 0.29) is 17.8 Å². The van der Waals surface area contributed by atoms with Crippen LogP contribution in [0.4, 0.5) is 0 Å². The minimum atomic E-state index is -0.319. The van der Waals surface area contributed by atoms with E-state index in [9.17, 15) is 9.59 Å². The second kappa shape index (κ2) is 9.05. The number of ether oxygens (including phenoxy) is 1. The molecule has 4 nitrogen and oxygen atoms in total. The first kappa shape index (κ1) is 20.1. The Balaban J connectivity index is 1.79. The SMILES string of the molecule is C=Cc1ccc(C(=O)C2C(CC)=CC3=C(C(=O)OCCCCC)CCN32)cc1. The van der Waals surface area contributed by atoms with Gasteiger partial charge in [-0.25, -0.2) is 4.79 Å². The fourth-order valence-electron chi connectivity index (χ4n) is 3.90. The summed E-state index contributed by atoms with van der Waals surface area (Å²) in [4.78, 5) is 27.8. The first-order valence-electron chi connectivity index (χ1n) is 10.2. The molecule has 2 aliphatic heterocycles. The van der Waals surface area contributed by atoms with Crippen molar-refractivity contribution >= 4 is 17.8 Å². The van der Waals surface area contributed by atoms with Crippen molar-refractivity contribution in [1.82, 2.24) is 4.90 Å². The molecule has 0 aliphatic carbocycles. The number of hydrogen-bond acceptors (Lipinski definition) is 4. The van der Waals surface area contributed by atoms with Crippen LogP contribution < -0.4 is 0 Å². The standard InChI is InChI=1S/C24H29NO3/c1-4-7-8-15-28-24(27)20-13-14-25-21(20)16-18(6-3)22(25)23(26)19-11-9-17(5-2)10-12-19/h5,9-12,16,22H,2,4,6-8,13-15H2,1,3H3. The van der Waals surface area contributed by atoms with Crippen molar-refractivity contribution in [1.29, 1.82) is 0 Å². The maximum atomic E-state index is 13.2. The molecule has 0 spiro atoms. The van der Waals surface area contributed by atoms with Gasteiger partial charge in [0.25, 0.3) is 0 Å². The molecule has 4 heteroatoms. The topological polar surface area (TPSA) is 46.6 Å². The van der Waals surface area contributed by atoms with Crippen molar-refractivity contribution in [3.63, 3.8) is 0 Å². The van der Waals surface area contributed by atoms with Gasteiger partial charge in [0.2, 0.25) is 0 Å². The van der Waals surface area contributed by atoms with E-state index in [1.165, 1.54) is 0 Å². The van der Waals surface area contributed by atoms with Gasteiger partial charge in [0, 0.05) is 17.8 Å². The largest absolute Gasteiger partial charge is 0.462 e. The van der Waals surface area contributed by atoms with Crippen LogP contribution in [0.3, 0.4) is 0 Å².